The van der Waals surface area contributed by atoms with Crippen LogP contribution in [-0.4, -0.2) is 52.9 Å². The highest BCUT2D eigenvalue weighted by molar-refractivity contribution is 14.0. The standard InChI is InChI=1S/C25H36N4O2.HI/c1-20(22-10-5-4-6-11-22)31-17-9-15-27-25(26-2)28-18-21-14-16-29(19-21)23-12-7-8-13-24(23)30-3;/h4-8,10-13,20-21H,9,14-19H2,1-3H3,(H2,26,27,28);1H. The van der Waals surface area contributed by atoms with Gasteiger partial charge in [0.15, 0.2) is 5.96 Å². The Morgan fingerprint density at radius 3 is 2.62 bits per heavy atom. The van der Waals surface area contributed by atoms with Crippen LogP contribution in [0.25, 0.3) is 0 Å². The van der Waals surface area contributed by atoms with Crippen LogP contribution in [-0.2, 0) is 4.74 Å². The van der Waals surface area contributed by atoms with E-state index in [9.17, 15) is 0 Å². The minimum Gasteiger partial charge on any atom is -0.495 e. The lowest BCUT2D eigenvalue weighted by Crippen LogP contribution is -2.40. The first-order valence-electron chi connectivity index (χ1n) is 11.2. The zero-order valence-electron chi connectivity index (χ0n) is 19.4. The van der Waals surface area contributed by atoms with Crippen LogP contribution in [0, 0.1) is 5.92 Å². The summed E-state index contributed by atoms with van der Waals surface area (Å²) in [5.74, 6) is 2.38. The van der Waals surface area contributed by atoms with Gasteiger partial charge in [0.05, 0.1) is 18.9 Å². The van der Waals surface area contributed by atoms with E-state index in [1.165, 1.54) is 11.3 Å². The van der Waals surface area contributed by atoms with Crippen molar-refractivity contribution in [3.63, 3.8) is 0 Å². The summed E-state index contributed by atoms with van der Waals surface area (Å²) in [6.45, 7) is 6.63. The normalized spacial score (nSPS) is 16.9. The number of anilines is 1. The van der Waals surface area contributed by atoms with E-state index in [0.29, 0.717) is 5.92 Å². The Bertz CT molecular complexity index is 819. The van der Waals surface area contributed by atoms with E-state index in [1.807, 2.05) is 37.4 Å². The van der Waals surface area contributed by atoms with Crippen molar-refractivity contribution in [2.75, 3.05) is 51.8 Å². The fraction of sp³-hybridized carbons (Fsp3) is 0.480. The molecule has 32 heavy (non-hydrogen) atoms. The van der Waals surface area contributed by atoms with Crippen molar-refractivity contribution in [3.8, 4) is 5.75 Å². The molecule has 0 radical (unpaired) electrons. The molecule has 2 N–H and O–H groups in total. The van der Waals surface area contributed by atoms with Crippen LogP contribution in [0.15, 0.2) is 59.6 Å². The van der Waals surface area contributed by atoms with Crippen LogP contribution >= 0.6 is 24.0 Å². The lowest BCUT2D eigenvalue weighted by molar-refractivity contribution is 0.0646. The van der Waals surface area contributed by atoms with Crippen molar-refractivity contribution in [3.05, 3.63) is 60.2 Å². The van der Waals surface area contributed by atoms with Gasteiger partial charge >= 0.3 is 0 Å². The molecule has 1 saturated heterocycles. The maximum Gasteiger partial charge on any atom is 0.190 e. The topological polar surface area (TPSA) is 58.1 Å². The molecule has 0 amide bonds. The lowest BCUT2D eigenvalue weighted by Gasteiger charge is -2.21. The lowest BCUT2D eigenvalue weighted by atomic mass is 10.1. The molecule has 1 aliphatic heterocycles. The molecule has 0 aliphatic carbocycles. The van der Waals surface area contributed by atoms with E-state index in [2.05, 4.69) is 51.7 Å². The molecule has 2 aromatic rings. The average Bonchev–Trinajstić information content (AvgIpc) is 3.30. The molecule has 176 valence electrons. The number of aliphatic imine (C=N–C) groups is 1. The summed E-state index contributed by atoms with van der Waals surface area (Å²) in [6, 6.07) is 18.6. The Hall–Kier alpha value is -2.00. The van der Waals surface area contributed by atoms with Crippen LogP contribution in [0.1, 0.15) is 31.4 Å². The summed E-state index contributed by atoms with van der Waals surface area (Å²) < 4.78 is 11.5. The summed E-state index contributed by atoms with van der Waals surface area (Å²) in [4.78, 5) is 6.76. The number of para-hydroxylation sites is 2. The van der Waals surface area contributed by atoms with Crippen LogP contribution in [0.5, 0.6) is 5.75 Å². The first kappa shape index (κ1) is 26.3. The number of benzene rings is 2. The fourth-order valence-corrected chi connectivity index (χ4v) is 3.93. The fourth-order valence-electron chi connectivity index (χ4n) is 3.93. The molecule has 2 aromatic carbocycles. The largest absolute Gasteiger partial charge is 0.495 e. The van der Waals surface area contributed by atoms with E-state index < -0.39 is 0 Å². The number of halogens is 1. The quantitative estimate of drug-likeness (QED) is 0.197. The summed E-state index contributed by atoms with van der Waals surface area (Å²) in [7, 11) is 3.55. The molecule has 1 heterocycles. The third-order valence-corrected chi connectivity index (χ3v) is 5.74. The molecule has 1 fully saturated rings. The predicted octanol–water partition coefficient (Wildman–Crippen LogP) is 4.47. The summed E-state index contributed by atoms with van der Waals surface area (Å²) in [5, 5.41) is 6.87. The smallest absolute Gasteiger partial charge is 0.190 e. The third-order valence-electron chi connectivity index (χ3n) is 5.74. The maximum atomic E-state index is 5.94. The van der Waals surface area contributed by atoms with Gasteiger partial charge in [-0.2, -0.15) is 0 Å². The number of nitrogens with zero attached hydrogens (tertiary/aromatic N) is 2. The number of hydrogen-bond donors (Lipinski definition) is 2. The molecule has 7 heteroatoms. The number of rotatable bonds is 10. The molecule has 0 saturated carbocycles. The highest BCUT2D eigenvalue weighted by Crippen LogP contribution is 2.31. The van der Waals surface area contributed by atoms with E-state index in [1.54, 1.807) is 7.11 Å². The second-order valence-corrected chi connectivity index (χ2v) is 7.93. The molecule has 3 rings (SSSR count). The Morgan fingerprint density at radius 1 is 1.12 bits per heavy atom. The Morgan fingerprint density at radius 2 is 1.88 bits per heavy atom. The Labute approximate surface area is 209 Å². The molecule has 1 aliphatic rings. The Balaban J connectivity index is 0.00000363. The van der Waals surface area contributed by atoms with Gasteiger partial charge in [-0.25, -0.2) is 0 Å². The van der Waals surface area contributed by atoms with E-state index in [0.717, 1.165) is 57.3 Å². The molecular weight excluding hydrogens is 515 g/mol. The van der Waals surface area contributed by atoms with Crippen molar-refractivity contribution in [2.24, 2.45) is 10.9 Å². The van der Waals surface area contributed by atoms with Crippen molar-refractivity contribution >= 4 is 35.6 Å². The highest BCUT2D eigenvalue weighted by Gasteiger charge is 2.24. The predicted molar refractivity (Wildman–Crippen MR) is 144 cm³/mol. The third kappa shape index (κ3) is 7.85. The molecular formula is C25H37IN4O2. The molecule has 0 bridgehead atoms. The number of nitrogens with one attached hydrogen (secondary N) is 2. The van der Waals surface area contributed by atoms with Crippen molar-refractivity contribution < 1.29 is 9.47 Å². The second kappa shape index (κ2) is 14.2. The monoisotopic (exact) mass is 552 g/mol. The van der Waals surface area contributed by atoms with E-state index in [4.69, 9.17) is 9.47 Å². The minimum atomic E-state index is 0. The van der Waals surface area contributed by atoms with Crippen LogP contribution < -0.4 is 20.3 Å². The van der Waals surface area contributed by atoms with E-state index in [-0.39, 0.29) is 30.1 Å². The van der Waals surface area contributed by atoms with Gasteiger partial charge in [0.1, 0.15) is 5.75 Å². The SMILES string of the molecule is CN=C(NCCCOC(C)c1ccccc1)NCC1CCN(c2ccccc2OC)C1.I. The molecule has 2 unspecified atom stereocenters. The summed E-state index contributed by atoms with van der Waals surface area (Å²) in [6.07, 6.45) is 2.21. The van der Waals surface area contributed by atoms with Gasteiger partial charge in [0.2, 0.25) is 0 Å². The zero-order valence-corrected chi connectivity index (χ0v) is 21.8. The van der Waals surface area contributed by atoms with Gasteiger partial charge in [-0.05, 0) is 43.4 Å². The molecule has 2 atom stereocenters. The number of methoxy groups -OCH3 is 1. The van der Waals surface area contributed by atoms with Gasteiger partial charge in [0.25, 0.3) is 0 Å². The minimum absolute atomic E-state index is 0. The van der Waals surface area contributed by atoms with E-state index >= 15 is 0 Å². The van der Waals surface area contributed by atoms with Crippen LogP contribution in [0.4, 0.5) is 5.69 Å². The Kier molecular flexibility index (Phi) is 11.7. The van der Waals surface area contributed by atoms with Crippen molar-refractivity contribution in [1.29, 1.82) is 0 Å². The van der Waals surface area contributed by atoms with Gasteiger partial charge in [0, 0.05) is 39.8 Å². The van der Waals surface area contributed by atoms with Crippen LogP contribution in [0.3, 0.4) is 0 Å². The van der Waals surface area contributed by atoms with Gasteiger partial charge < -0.3 is 25.0 Å². The average molecular weight is 553 g/mol. The maximum absolute atomic E-state index is 5.94. The number of hydrogen-bond acceptors (Lipinski definition) is 4. The molecule has 0 spiro atoms. The number of ether oxygens (including phenoxy) is 2. The van der Waals surface area contributed by atoms with Gasteiger partial charge in [-0.3, -0.25) is 4.99 Å². The first-order chi connectivity index (χ1) is 15.2. The highest BCUT2D eigenvalue weighted by atomic mass is 127. The van der Waals surface area contributed by atoms with Crippen LogP contribution in [0.2, 0.25) is 0 Å². The zero-order chi connectivity index (χ0) is 21.9. The summed E-state index contributed by atoms with van der Waals surface area (Å²) in [5.41, 5.74) is 2.39. The molecule has 0 aromatic heterocycles. The molecule has 6 nitrogen and oxygen atoms in total. The van der Waals surface area contributed by atoms with Gasteiger partial charge in [-0.15, -0.1) is 24.0 Å². The summed E-state index contributed by atoms with van der Waals surface area (Å²) >= 11 is 0. The van der Waals surface area contributed by atoms with Crippen molar-refractivity contribution in [1.82, 2.24) is 10.6 Å². The first-order valence-corrected chi connectivity index (χ1v) is 11.2. The van der Waals surface area contributed by atoms with Gasteiger partial charge in [-0.1, -0.05) is 42.5 Å². The van der Waals surface area contributed by atoms with Crippen molar-refractivity contribution in [2.45, 2.75) is 25.9 Å². The second-order valence-electron chi connectivity index (χ2n) is 7.93. The number of guanidine groups is 1.